The third-order valence-corrected chi connectivity index (χ3v) is 6.69. The molecule has 4 aromatic rings. The Balaban J connectivity index is 1.35. The van der Waals surface area contributed by atoms with E-state index < -0.39 is 0 Å². The minimum absolute atomic E-state index is 0.147. The number of pyridine rings is 1. The fourth-order valence-electron chi connectivity index (χ4n) is 4.53. The van der Waals surface area contributed by atoms with Crippen molar-refractivity contribution < 1.29 is 9.53 Å². The topological polar surface area (TPSA) is 104 Å². The van der Waals surface area contributed by atoms with E-state index in [9.17, 15) is 9.59 Å². The molecule has 3 heterocycles. The summed E-state index contributed by atoms with van der Waals surface area (Å²) in [4.78, 5) is 29.5. The molecular weight excluding hydrogens is 504 g/mol. The first-order valence-corrected chi connectivity index (χ1v) is 12.5. The quantitative estimate of drug-likeness (QED) is 0.311. The van der Waals surface area contributed by atoms with Crippen LogP contribution in [-0.2, 0) is 22.5 Å². The predicted molar refractivity (Wildman–Crippen MR) is 145 cm³/mol. The average molecular weight is 529 g/mol. The second-order valence-corrected chi connectivity index (χ2v) is 9.32. The molecule has 9 nitrogen and oxygen atoms in total. The van der Waals surface area contributed by atoms with Crippen molar-refractivity contribution >= 4 is 28.9 Å². The molecule has 0 fully saturated rings. The molecule has 0 amide bonds. The molecule has 0 unspecified atom stereocenters. The number of hydrogen-bond acceptors (Lipinski definition) is 7. The molecule has 1 aliphatic heterocycles. The number of halogens is 1. The lowest BCUT2D eigenvalue weighted by atomic mass is 9.98. The second kappa shape index (κ2) is 10.9. The third-order valence-electron chi connectivity index (χ3n) is 6.45. The van der Waals surface area contributed by atoms with E-state index >= 15 is 0 Å². The number of carbonyl (C=O) groups is 1. The number of hydrogen-bond donors (Lipinski definition) is 0. The highest BCUT2D eigenvalue weighted by atomic mass is 35.5. The SMILES string of the molecule is CCC1=C(c2ccc(CC(=O)OC)cc2)CC(Cn2ccc(-c3cc(Cl)ccc3-n3cnnn3)cc2=O)=N1. The van der Waals surface area contributed by atoms with E-state index in [0.717, 1.165) is 45.8 Å². The van der Waals surface area contributed by atoms with Gasteiger partial charge in [0.25, 0.3) is 5.56 Å². The summed E-state index contributed by atoms with van der Waals surface area (Å²) < 4.78 is 7.94. The van der Waals surface area contributed by atoms with Crippen LogP contribution < -0.4 is 5.56 Å². The standard InChI is InChI=1S/C28H25ClN6O3/c1-3-25-23(19-6-4-18(5-7-19)12-28(37)38-2)15-22(31-25)16-34-11-10-20(13-27(34)36)24-14-21(29)8-9-26(24)35-17-30-32-33-35/h4-11,13-14,17H,3,12,15-16H2,1-2H3. The Morgan fingerprint density at radius 3 is 2.58 bits per heavy atom. The highest BCUT2D eigenvalue weighted by Gasteiger charge is 2.19. The lowest BCUT2D eigenvalue weighted by molar-refractivity contribution is -0.139. The summed E-state index contributed by atoms with van der Waals surface area (Å²) in [5, 5.41) is 11.9. The van der Waals surface area contributed by atoms with E-state index in [4.69, 9.17) is 21.3 Å². The molecule has 192 valence electrons. The molecule has 0 spiro atoms. The number of ether oxygens (including phenoxy) is 1. The number of carbonyl (C=O) groups excluding carboxylic acids is 1. The molecule has 1 aliphatic rings. The minimum atomic E-state index is -0.267. The van der Waals surface area contributed by atoms with Crippen molar-refractivity contribution in [3.05, 3.63) is 99.3 Å². The van der Waals surface area contributed by atoms with Crippen LogP contribution in [0.4, 0.5) is 0 Å². The van der Waals surface area contributed by atoms with E-state index in [1.165, 1.54) is 18.1 Å². The van der Waals surface area contributed by atoms with Gasteiger partial charge in [0.2, 0.25) is 0 Å². The molecule has 2 aromatic heterocycles. The van der Waals surface area contributed by atoms with Crippen LogP contribution in [0.1, 0.15) is 30.9 Å². The smallest absolute Gasteiger partial charge is 0.309 e. The minimum Gasteiger partial charge on any atom is -0.469 e. The first-order chi connectivity index (χ1) is 18.4. The van der Waals surface area contributed by atoms with Crippen molar-refractivity contribution in [3.63, 3.8) is 0 Å². The summed E-state index contributed by atoms with van der Waals surface area (Å²) in [5.74, 6) is -0.267. The molecule has 0 saturated heterocycles. The predicted octanol–water partition coefficient (Wildman–Crippen LogP) is 4.53. The van der Waals surface area contributed by atoms with Gasteiger partial charge in [-0.2, -0.15) is 4.68 Å². The van der Waals surface area contributed by atoms with Crippen molar-refractivity contribution in [2.24, 2.45) is 4.99 Å². The fourth-order valence-corrected chi connectivity index (χ4v) is 4.70. The molecule has 38 heavy (non-hydrogen) atoms. The van der Waals surface area contributed by atoms with Crippen LogP contribution in [0.3, 0.4) is 0 Å². The maximum Gasteiger partial charge on any atom is 0.309 e. The molecule has 2 aromatic carbocycles. The first-order valence-electron chi connectivity index (χ1n) is 12.1. The third kappa shape index (κ3) is 5.33. The maximum atomic E-state index is 13.1. The van der Waals surface area contributed by atoms with Crippen LogP contribution in [0.2, 0.25) is 5.02 Å². The number of tetrazole rings is 1. The number of aromatic nitrogens is 5. The summed E-state index contributed by atoms with van der Waals surface area (Å²) in [6.45, 7) is 2.46. The van der Waals surface area contributed by atoms with Gasteiger partial charge in [-0.1, -0.05) is 42.8 Å². The Morgan fingerprint density at radius 1 is 1.08 bits per heavy atom. The number of nitrogens with zero attached hydrogens (tertiary/aromatic N) is 6. The van der Waals surface area contributed by atoms with Crippen molar-refractivity contribution in [1.29, 1.82) is 0 Å². The molecule has 0 N–H and O–H groups in total. The number of esters is 1. The number of allylic oxidation sites excluding steroid dienone is 2. The van der Waals surface area contributed by atoms with E-state index in [1.807, 2.05) is 36.4 Å². The average Bonchev–Trinajstić information content (AvgIpc) is 3.60. The van der Waals surface area contributed by atoms with Crippen LogP contribution in [0.15, 0.2) is 82.6 Å². The van der Waals surface area contributed by atoms with Gasteiger partial charge in [0.05, 0.1) is 25.8 Å². The molecule has 0 aliphatic carbocycles. The highest BCUT2D eigenvalue weighted by molar-refractivity contribution is 6.31. The van der Waals surface area contributed by atoms with Gasteiger partial charge in [-0.15, -0.1) is 5.10 Å². The zero-order valence-electron chi connectivity index (χ0n) is 21.0. The second-order valence-electron chi connectivity index (χ2n) is 8.88. The molecule has 0 bridgehead atoms. The highest BCUT2D eigenvalue weighted by Crippen LogP contribution is 2.32. The molecular formula is C28H25ClN6O3. The summed E-state index contributed by atoms with van der Waals surface area (Å²) in [6, 6.07) is 16.7. The number of benzene rings is 2. The van der Waals surface area contributed by atoms with Crippen molar-refractivity contribution in [3.8, 4) is 16.8 Å². The Hall–Kier alpha value is -4.37. The van der Waals surface area contributed by atoms with Crippen LogP contribution in [0.25, 0.3) is 22.4 Å². The van der Waals surface area contributed by atoms with E-state index in [1.54, 1.807) is 29.0 Å². The van der Waals surface area contributed by atoms with Gasteiger partial charge in [-0.3, -0.25) is 14.6 Å². The molecule has 10 heteroatoms. The van der Waals surface area contributed by atoms with Crippen LogP contribution in [0, 0.1) is 0 Å². The Bertz CT molecular complexity index is 1600. The van der Waals surface area contributed by atoms with Gasteiger partial charge in [-0.25, -0.2) is 0 Å². The summed E-state index contributed by atoms with van der Waals surface area (Å²) in [6.07, 6.45) is 4.95. The van der Waals surface area contributed by atoms with Gasteiger partial charge in [0.15, 0.2) is 0 Å². The van der Waals surface area contributed by atoms with E-state index in [-0.39, 0.29) is 17.9 Å². The van der Waals surface area contributed by atoms with Crippen LogP contribution >= 0.6 is 11.6 Å². The van der Waals surface area contributed by atoms with Crippen molar-refractivity contribution in [2.45, 2.75) is 32.7 Å². The number of methoxy groups -OCH3 is 1. The largest absolute Gasteiger partial charge is 0.469 e. The van der Waals surface area contributed by atoms with Gasteiger partial charge in [-0.05, 0) is 63.4 Å². The summed E-state index contributed by atoms with van der Waals surface area (Å²) >= 11 is 6.26. The zero-order chi connectivity index (χ0) is 26.6. The summed E-state index contributed by atoms with van der Waals surface area (Å²) in [7, 11) is 1.39. The summed E-state index contributed by atoms with van der Waals surface area (Å²) in [5.41, 5.74) is 7.07. The lowest BCUT2D eigenvalue weighted by Gasteiger charge is -2.11. The monoisotopic (exact) mass is 528 g/mol. The van der Waals surface area contributed by atoms with Gasteiger partial charge in [0.1, 0.15) is 6.33 Å². The normalized spacial score (nSPS) is 13.1. The van der Waals surface area contributed by atoms with Crippen LogP contribution in [0.5, 0.6) is 0 Å². The number of aliphatic imine (C=N–C) groups is 1. The first kappa shape index (κ1) is 25.3. The Labute approximate surface area is 224 Å². The molecule has 0 atom stereocenters. The van der Waals surface area contributed by atoms with Gasteiger partial charge < -0.3 is 9.30 Å². The van der Waals surface area contributed by atoms with Crippen molar-refractivity contribution in [2.75, 3.05) is 7.11 Å². The molecule has 5 rings (SSSR count). The van der Waals surface area contributed by atoms with Crippen LogP contribution in [-0.4, -0.2) is 43.6 Å². The molecule has 0 radical (unpaired) electrons. The Kier molecular flexibility index (Phi) is 7.28. The van der Waals surface area contributed by atoms with E-state index in [2.05, 4.69) is 22.4 Å². The van der Waals surface area contributed by atoms with Crippen molar-refractivity contribution in [1.82, 2.24) is 24.8 Å². The fraction of sp³-hybridized carbons (Fsp3) is 0.214. The maximum absolute atomic E-state index is 13.1. The Morgan fingerprint density at radius 2 is 1.89 bits per heavy atom. The van der Waals surface area contributed by atoms with Gasteiger partial charge >= 0.3 is 5.97 Å². The molecule has 0 saturated carbocycles. The van der Waals surface area contributed by atoms with Gasteiger partial charge in [0, 0.05) is 40.7 Å². The lowest BCUT2D eigenvalue weighted by Crippen LogP contribution is -2.22. The zero-order valence-corrected chi connectivity index (χ0v) is 21.7. The number of rotatable bonds is 8. The van der Waals surface area contributed by atoms with E-state index in [0.29, 0.717) is 23.6 Å².